The monoisotopic (exact) mass is 368 g/mol. The lowest BCUT2D eigenvalue weighted by atomic mass is 9.57. The van der Waals surface area contributed by atoms with Gasteiger partial charge in [0.25, 0.3) is 0 Å². The molecule has 0 bridgehead atoms. The molecule has 0 radical (unpaired) electrons. The van der Waals surface area contributed by atoms with Crippen molar-refractivity contribution in [3.63, 3.8) is 0 Å². The third kappa shape index (κ3) is 3.18. The summed E-state index contributed by atoms with van der Waals surface area (Å²) in [7, 11) is 0. The highest BCUT2D eigenvalue weighted by molar-refractivity contribution is 5.46. The van der Waals surface area contributed by atoms with E-state index < -0.39 is 0 Å². The molecule has 0 heteroatoms. The number of allylic oxidation sites excluding steroid dienone is 4. The van der Waals surface area contributed by atoms with Crippen molar-refractivity contribution in [2.75, 3.05) is 0 Å². The molecule has 0 unspecified atom stereocenters. The van der Waals surface area contributed by atoms with E-state index >= 15 is 0 Å². The Kier molecular flexibility index (Phi) is 5.41. The molecule has 1 saturated carbocycles. The lowest BCUT2D eigenvalue weighted by molar-refractivity contribution is 0.132. The number of hydrogen-bond acceptors (Lipinski definition) is 0. The van der Waals surface area contributed by atoms with Gasteiger partial charge in [-0.05, 0) is 87.9 Å². The summed E-state index contributed by atoms with van der Waals surface area (Å²) in [6, 6.07) is 0. The quantitative estimate of drug-likeness (QED) is 0.426. The van der Waals surface area contributed by atoms with Crippen LogP contribution in [-0.2, 0) is 0 Å². The maximum atomic E-state index is 2.66. The van der Waals surface area contributed by atoms with Crippen LogP contribution in [0.15, 0.2) is 22.3 Å². The van der Waals surface area contributed by atoms with Gasteiger partial charge in [-0.25, -0.2) is 0 Å². The lowest BCUT2D eigenvalue weighted by Crippen LogP contribution is -2.36. The molecule has 4 aliphatic rings. The zero-order valence-corrected chi connectivity index (χ0v) is 18.9. The van der Waals surface area contributed by atoms with Gasteiger partial charge in [0, 0.05) is 5.41 Å². The van der Waals surface area contributed by atoms with Gasteiger partial charge in [-0.15, -0.1) is 0 Å². The molecule has 1 fully saturated rings. The predicted molar refractivity (Wildman–Crippen MR) is 118 cm³/mol. The first kappa shape index (κ1) is 19.8. The first-order chi connectivity index (χ1) is 12.9. The Morgan fingerprint density at radius 1 is 0.889 bits per heavy atom. The van der Waals surface area contributed by atoms with Gasteiger partial charge in [-0.3, -0.25) is 0 Å². The molecule has 152 valence electrons. The Balaban J connectivity index is 1.58. The summed E-state index contributed by atoms with van der Waals surface area (Å²) >= 11 is 0. The van der Waals surface area contributed by atoms with Crippen LogP contribution in [0.5, 0.6) is 0 Å². The number of rotatable bonds is 5. The minimum absolute atomic E-state index is 0.502. The van der Waals surface area contributed by atoms with E-state index in [1.54, 1.807) is 0 Å². The molecule has 0 amide bonds. The zero-order chi connectivity index (χ0) is 19.2. The highest BCUT2D eigenvalue weighted by Crippen LogP contribution is 2.66. The molecule has 0 aromatic carbocycles. The van der Waals surface area contributed by atoms with Crippen LogP contribution >= 0.6 is 0 Å². The van der Waals surface area contributed by atoms with Gasteiger partial charge in [0.05, 0.1) is 0 Å². The van der Waals surface area contributed by atoms with E-state index in [4.69, 9.17) is 0 Å². The van der Waals surface area contributed by atoms with Crippen LogP contribution in [0.1, 0.15) is 118 Å². The summed E-state index contributed by atoms with van der Waals surface area (Å²) in [6.45, 7) is 12.5. The third-order valence-electron chi connectivity index (χ3n) is 9.61. The Hall–Kier alpha value is -0.520. The van der Waals surface area contributed by atoms with Crippen molar-refractivity contribution >= 4 is 0 Å². The fourth-order valence-corrected chi connectivity index (χ4v) is 7.88. The third-order valence-corrected chi connectivity index (χ3v) is 9.61. The second-order valence-corrected chi connectivity index (χ2v) is 11.3. The van der Waals surface area contributed by atoms with Crippen molar-refractivity contribution in [3.8, 4) is 0 Å². The van der Waals surface area contributed by atoms with E-state index in [1.165, 1.54) is 83.5 Å². The van der Waals surface area contributed by atoms with Crippen LogP contribution < -0.4 is 0 Å². The molecule has 4 atom stereocenters. The Morgan fingerprint density at radius 3 is 2.44 bits per heavy atom. The summed E-state index contributed by atoms with van der Waals surface area (Å²) in [6.07, 6.45) is 18.8. The topological polar surface area (TPSA) is 0 Å². The van der Waals surface area contributed by atoms with Gasteiger partial charge in [-0.2, -0.15) is 0 Å². The van der Waals surface area contributed by atoms with Gasteiger partial charge in [0.2, 0.25) is 0 Å². The van der Waals surface area contributed by atoms with Crippen LogP contribution in [0.2, 0.25) is 0 Å². The summed E-state index contributed by atoms with van der Waals surface area (Å²) in [5, 5.41) is 0. The van der Waals surface area contributed by atoms with E-state index in [0.717, 1.165) is 17.8 Å². The van der Waals surface area contributed by atoms with Crippen LogP contribution in [0.4, 0.5) is 0 Å². The zero-order valence-electron chi connectivity index (χ0n) is 18.9. The number of fused-ring (bicyclic) bond motifs is 3. The van der Waals surface area contributed by atoms with Crippen LogP contribution in [0.25, 0.3) is 0 Å². The van der Waals surface area contributed by atoms with Crippen molar-refractivity contribution < 1.29 is 0 Å². The van der Waals surface area contributed by atoms with Crippen molar-refractivity contribution in [2.45, 2.75) is 118 Å². The highest BCUT2D eigenvalue weighted by Gasteiger charge is 2.53. The van der Waals surface area contributed by atoms with Crippen LogP contribution in [0.3, 0.4) is 0 Å². The molecule has 27 heavy (non-hydrogen) atoms. The summed E-state index contributed by atoms with van der Waals surface area (Å²) < 4.78 is 0. The Bertz CT molecular complexity index is 632. The van der Waals surface area contributed by atoms with Gasteiger partial charge >= 0.3 is 0 Å². The molecule has 0 nitrogen and oxygen atoms in total. The van der Waals surface area contributed by atoms with Crippen LogP contribution in [-0.4, -0.2) is 0 Å². The summed E-state index contributed by atoms with van der Waals surface area (Å²) in [4.78, 5) is 0. The van der Waals surface area contributed by atoms with Gasteiger partial charge in [0.15, 0.2) is 0 Å². The van der Waals surface area contributed by atoms with Gasteiger partial charge in [0.1, 0.15) is 0 Å². The van der Waals surface area contributed by atoms with Gasteiger partial charge < -0.3 is 0 Å². The van der Waals surface area contributed by atoms with Crippen molar-refractivity contribution in [3.05, 3.63) is 22.3 Å². The van der Waals surface area contributed by atoms with Crippen molar-refractivity contribution in [1.29, 1.82) is 0 Å². The first-order valence-electron chi connectivity index (χ1n) is 12.3. The van der Waals surface area contributed by atoms with Gasteiger partial charge in [-0.1, -0.05) is 75.7 Å². The maximum absolute atomic E-state index is 2.66. The minimum Gasteiger partial charge on any atom is -0.0675 e. The normalized spacial score (nSPS) is 37.3. The molecule has 0 N–H and O–H groups in total. The van der Waals surface area contributed by atoms with E-state index in [9.17, 15) is 0 Å². The molecular formula is C27H44. The molecule has 1 spiro atoms. The fraction of sp³-hybridized carbons (Fsp3) is 0.852. The molecule has 4 rings (SSSR count). The highest BCUT2D eigenvalue weighted by atomic mass is 14.6. The standard InChI is InChI=1S/C27H44/c1-19(2)9-8-10-20(3)23-14-17-27(21(23)4)18-15-24-25(27)13-12-22-11-6-7-16-26(22,24)5/h19-20,22H,6-18H2,1-5H3/t20-,22+,26+,27-/m1/s1. The summed E-state index contributed by atoms with van der Waals surface area (Å²) in [5.41, 5.74) is 8.70. The maximum Gasteiger partial charge on any atom is 0.0129 e. The second kappa shape index (κ2) is 7.38. The summed E-state index contributed by atoms with van der Waals surface area (Å²) in [5.74, 6) is 2.67. The predicted octanol–water partition coefficient (Wildman–Crippen LogP) is 8.63. The molecule has 0 aromatic rings. The van der Waals surface area contributed by atoms with E-state index in [-0.39, 0.29) is 0 Å². The fourth-order valence-electron chi connectivity index (χ4n) is 7.88. The SMILES string of the molecule is CC1=C([C@H](C)CCCC(C)C)CC[C@@]12CCC1=C2CC[C@@H]2CCCC[C@]12C. The molecule has 0 aromatic heterocycles. The number of hydrogen-bond donors (Lipinski definition) is 0. The molecule has 0 saturated heterocycles. The van der Waals surface area contributed by atoms with Crippen molar-refractivity contribution in [2.24, 2.45) is 28.6 Å². The first-order valence-corrected chi connectivity index (χ1v) is 12.3. The molecule has 4 aliphatic carbocycles. The van der Waals surface area contributed by atoms with E-state index in [0.29, 0.717) is 10.8 Å². The van der Waals surface area contributed by atoms with Crippen LogP contribution in [0, 0.1) is 28.6 Å². The average Bonchev–Trinajstić information content (AvgIpc) is 3.17. The largest absolute Gasteiger partial charge is 0.0675 e. The molecule has 0 aliphatic heterocycles. The Morgan fingerprint density at radius 2 is 1.67 bits per heavy atom. The molecule has 0 heterocycles. The second-order valence-electron chi connectivity index (χ2n) is 11.3. The van der Waals surface area contributed by atoms with E-state index in [2.05, 4.69) is 34.6 Å². The van der Waals surface area contributed by atoms with Crippen molar-refractivity contribution in [1.82, 2.24) is 0 Å². The smallest absolute Gasteiger partial charge is 0.0129 e. The Labute approximate surface area is 169 Å². The van der Waals surface area contributed by atoms with E-state index in [1.807, 2.05) is 22.3 Å². The minimum atomic E-state index is 0.502. The average molecular weight is 369 g/mol. The molecular weight excluding hydrogens is 324 g/mol. The lowest BCUT2D eigenvalue weighted by Gasteiger charge is -2.48.